The Morgan fingerprint density at radius 2 is 1.28 bits per heavy atom. The van der Waals surface area contributed by atoms with Crippen LogP contribution >= 0.6 is 35.0 Å². The molecule has 3 N–H and O–H groups in total. The van der Waals surface area contributed by atoms with E-state index in [4.69, 9.17) is 27.9 Å². The van der Waals surface area contributed by atoms with Gasteiger partial charge in [-0.15, -0.1) is 11.8 Å². The summed E-state index contributed by atoms with van der Waals surface area (Å²) in [6.07, 6.45) is 1.43. The summed E-state index contributed by atoms with van der Waals surface area (Å²) in [5.74, 6) is -1.77. The van der Waals surface area contributed by atoms with Crippen LogP contribution in [0, 0.1) is 0 Å². The zero-order valence-corrected chi connectivity index (χ0v) is 29.0. The van der Waals surface area contributed by atoms with E-state index in [0.29, 0.717) is 38.1 Å². The first-order valence-corrected chi connectivity index (χ1v) is 17.1. The van der Waals surface area contributed by atoms with E-state index in [1.54, 1.807) is 104 Å². The van der Waals surface area contributed by atoms with Gasteiger partial charge in [0.15, 0.2) is 0 Å². The van der Waals surface area contributed by atoms with Gasteiger partial charge in [-0.2, -0.15) is 0 Å². The number of hydrogen-bond donors (Lipinski definition) is 3. The number of carbonyl (C=O) groups is 4. The number of carbonyl (C=O) groups excluding carboxylic acids is 4. The van der Waals surface area contributed by atoms with Crippen molar-refractivity contribution in [1.82, 2.24) is 5.32 Å². The zero-order valence-electron chi connectivity index (χ0n) is 26.7. The molecule has 252 valence electrons. The molecule has 50 heavy (non-hydrogen) atoms. The lowest BCUT2D eigenvalue weighted by atomic mass is 10.1. The van der Waals surface area contributed by atoms with E-state index in [1.807, 2.05) is 30.3 Å². The van der Waals surface area contributed by atoms with E-state index >= 15 is 0 Å². The number of halogens is 2. The second-order valence-electron chi connectivity index (χ2n) is 10.7. The van der Waals surface area contributed by atoms with Crippen LogP contribution in [0.1, 0.15) is 44.0 Å². The minimum absolute atomic E-state index is 0.0663. The Morgan fingerprint density at radius 3 is 1.90 bits per heavy atom. The van der Waals surface area contributed by atoms with Gasteiger partial charge in [-0.1, -0.05) is 77.8 Å². The third-order valence-electron chi connectivity index (χ3n) is 7.19. The van der Waals surface area contributed by atoms with Crippen molar-refractivity contribution in [3.05, 3.63) is 165 Å². The summed E-state index contributed by atoms with van der Waals surface area (Å²) in [5, 5.41) is 8.43. The van der Waals surface area contributed by atoms with Gasteiger partial charge in [0.25, 0.3) is 11.8 Å². The monoisotopic (exact) mass is 723 g/mol. The smallest absolute Gasteiger partial charge is 0.338 e. The molecule has 5 aromatic rings. The first-order chi connectivity index (χ1) is 24.2. The van der Waals surface area contributed by atoms with E-state index < -0.39 is 23.0 Å². The summed E-state index contributed by atoms with van der Waals surface area (Å²) in [4.78, 5) is 52.9. The van der Waals surface area contributed by atoms with Gasteiger partial charge < -0.3 is 20.7 Å². The SMILES string of the molecule is CCOC(=O)c1ccc(NC(=O)C(Sc2ccc(NC(=O)/C(=C/c3c(Cl)cccc3Cl)NC(=O)c3ccccc3)cc2)c2ccccc2)cc1. The van der Waals surface area contributed by atoms with Crippen molar-refractivity contribution in [1.29, 1.82) is 0 Å². The van der Waals surface area contributed by atoms with Crippen molar-refractivity contribution in [3.8, 4) is 0 Å². The summed E-state index contributed by atoms with van der Waals surface area (Å²) in [5.41, 5.74) is 2.83. The maximum absolute atomic E-state index is 13.6. The molecule has 0 aromatic heterocycles. The molecule has 0 fully saturated rings. The molecule has 0 aliphatic rings. The Kier molecular flexibility index (Phi) is 12.5. The number of rotatable bonds is 12. The van der Waals surface area contributed by atoms with Crippen molar-refractivity contribution in [3.63, 3.8) is 0 Å². The van der Waals surface area contributed by atoms with Gasteiger partial charge >= 0.3 is 5.97 Å². The average Bonchev–Trinajstić information content (AvgIpc) is 3.13. The predicted molar refractivity (Wildman–Crippen MR) is 199 cm³/mol. The van der Waals surface area contributed by atoms with Crippen LogP contribution in [-0.2, 0) is 14.3 Å². The third-order valence-corrected chi connectivity index (χ3v) is 9.11. The largest absolute Gasteiger partial charge is 0.462 e. The lowest BCUT2D eigenvalue weighted by Gasteiger charge is -2.18. The molecule has 0 heterocycles. The minimum atomic E-state index is -0.621. The third kappa shape index (κ3) is 9.63. The molecule has 1 unspecified atom stereocenters. The number of nitrogens with one attached hydrogen (secondary N) is 3. The normalized spacial score (nSPS) is 11.6. The van der Waals surface area contributed by atoms with Crippen LogP contribution in [0.3, 0.4) is 0 Å². The molecule has 0 radical (unpaired) electrons. The fourth-order valence-electron chi connectivity index (χ4n) is 4.70. The first-order valence-electron chi connectivity index (χ1n) is 15.4. The second kappa shape index (κ2) is 17.3. The van der Waals surface area contributed by atoms with Gasteiger partial charge in [0.1, 0.15) is 10.9 Å². The van der Waals surface area contributed by atoms with E-state index in [0.717, 1.165) is 10.5 Å². The summed E-state index contributed by atoms with van der Waals surface area (Å²) in [6.45, 7) is 2.00. The Labute approximate surface area is 303 Å². The van der Waals surface area contributed by atoms with Gasteiger partial charge in [0.05, 0.1) is 12.2 Å². The van der Waals surface area contributed by atoms with Crippen LogP contribution in [0.15, 0.2) is 138 Å². The zero-order chi connectivity index (χ0) is 35.5. The summed E-state index contributed by atoms with van der Waals surface area (Å²) in [7, 11) is 0. The van der Waals surface area contributed by atoms with Gasteiger partial charge in [0, 0.05) is 37.4 Å². The highest BCUT2D eigenvalue weighted by molar-refractivity contribution is 8.00. The van der Waals surface area contributed by atoms with Crippen LogP contribution in [0.5, 0.6) is 0 Å². The fourth-order valence-corrected chi connectivity index (χ4v) is 6.23. The number of benzene rings is 5. The molecule has 0 bridgehead atoms. The Hall–Kier alpha value is -5.35. The molecule has 5 rings (SSSR count). The van der Waals surface area contributed by atoms with Crippen LogP contribution in [0.25, 0.3) is 6.08 Å². The molecule has 0 saturated carbocycles. The number of esters is 1. The fraction of sp³-hybridized carbons (Fsp3) is 0.0769. The molecular formula is C39H31Cl2N3O5S. The molecule has 8 nitrogen and oxygen atoms in total. The molecule has 0 spiro atoms. The van der Waals surface area contributed by atoms with Crippen LogP contribution in [-0.4, -0.2) is 30.3 Å². The number of amides is 3. The minimum Gasteiger partial charge on any atom is -0.462 e. The summed E-state index contributed by atoms with van der Waals surface area (Å²) < 4.78 is 5.04. The highest BCUT2D eigenvalue weighted by Crippen LogP contribution is 2.37. The van der Waals surface area contributed by atoms with E-state index in [2.05, 4.69) is 16.0 Å². The van der Waals surface area contributed by atoms with Crippen LogP contribution in [0.4, 0.5) is 11.4 Å². The maximum atomic E-state index is 13.6. The van der Waals surface area contributed by atoms with Crippen molar-refractivity contribution < 1.29 is 23.9 Å². The second-order valence-corrected chi connectivity index (χ2v) is 12.7. The molecule has 0 aliphatic heterocycles. The molecule has 11 heteroatoms. The number of anilines is 2. The van der Waals surface area contributed by atoms with E-state index in [1.165, 1.54) is 17.8 Å². The highest BCUT2D eigenvalue weighted by Gasteiger charge is 2.23. The van der Waals surface area contributed by atoms with Crippen molar-refractivity contribution >= 4 is 76.1 Å². The van der Waals surface area contributed by atoms with Gasteiger partial charge in [-0.3, -0.25) is 14.4 Å². The Balaban J connectivity index is 1.32. The van der Waals surface area contributed by atoms with Crippen LogP contribution < -0.4 is 16.0 Å². The summed E-state index contributed by atoms with van der Waals surface area (Å²) in [6, 6.07) is 36.3. The molecule has 3 amide bonds. The molecule has 0 saturated heterocycles. The number of hydrogen-bond acceptors (Lipinski definition) is 6. The van der Waals surface area contributed by atoms with Crippen molar-refractivity contribution in [2.24, 2.45) is 0 Å². The highest BCUT2D eigenvalue weighted by atomic mass is 35.5. The molecule has 0 aliphatic carbocycles. The topological polar surface area (TPSA) is 114 Å². The first kappa shape index (κ1) is 35.9. The predicted octanol–water partition coefficient (Wildman–Crippen LogP) is 9.05. The quantitative estimate of drug-likeness (QED) is 0.0673. The number of thioether (sulfide) groups is 1. The van der Waals surface area contributed by atoms with Gasteiger partial charge in [0.2, 0.25) is 5.91 Å². The molecule has 5 aromatic carbocycles. The maximum Gasteiger partial charge on any atom is 0.338 e. The van der Waals surface area contributed by atoms with Crippen molar-refractivity contribution in [2.75, 3.05) is 17.2 Å². The molecule has 1 atom stereocenters. The van der Waals surface area contributed by atoms with Gasteiger partial charge in [-0.05, 0) is 91.4 Å². The Morgan fingerprint density at radius 1 is 0.700 bits per heavy atom. The molecular weight excluding hydrogens is 693 g/mol. The lowest BCUT2D eigenvalue weighted by molar-refractivity contribution is -0.116. The standard InChI is InChI=1S/C39H31Cl2N3O5S/c1-2-49-39(48)27-16-18-28(19-17-27)43-38(47)35(25-10-5-3-6-11-25)50-30-22-20-29(21-23-30)42-37(46)34(24-31-32(40)14-9-15-33(31)41)44-36(45)26-12-7-4-8-13-26/h3-24,35H,2H2,1H3,(H,42,46)(H,43,47)(H,44,45)/b34-24-. The van der Waals surface area contributed by atoms with Crippen molar-refractivity contribution in [2.45, 2.75) is 17.1 Å². The number of ether oxygens (including phenoxy) is 1. The van der Waals surface area contributed by atoms with Gasteiger partial charge in [-0.25, -0.2) is 4.79 Å². The van der Waals surface area contributed by atoms with Crippen LogP contribution in [0.2, 0.25) is 10.0 Å². The Bertz CT molecular complexity index is 1990. The average molecular weight is 725 g/mol. The van der Waals surface area contributed by atoms with E-state index in [-0.39, 0.29) is 18.2 Å². The van der Waals surface area contributed by atoms with E-state index in [9.17, 15) is 19.2 Å². The lowest BCUT2D eigenvalue weighted by Crippen LogP contribution is -2.30. The summed E-state index contributed by atoms with van der Waals surface area (Å²) >= 11 is 14.1.